The lowest BCUT2D eigenvalue weighted by Gasteiger charge is -2.10. The molecular weight excluding hydrogens is 292 g/mol. The number of aromatic hydroxyl groups is 1. The van der Waals surface area contributed by atoms with Crippen LogP contribution in [0.2, 0.25) is 0 Å². The van der Waals surface area contributed by atoms with Crippen LogP contribution < -0.4 is 4.74 Å². The van der Waals surface area contributed by atoms with E-state index in [4.69, 9.17) is 4.74 Å². The number of hydrogen-bond acceptors (Lipinski definition) is 2. The standard InChI is InChI=1S/C19H16O2S/c1-21-15-12-13-19(18(20)14-15)22(16-8-4-2-5-9-16)17-10-6-3-7-11-17/h2-14H,1H3/p+1. The van der Waals surface area contributed by atoms with Crippen molar-refractivity contribution < 1.29 is 9.84 Å². The molecule has 0 heterocycles. The molecule has 0 aliphatic heterocycles. The van der Waals surface area contributed by atoms with Gasteiger partial charge < -0.3 is 9.84 Å². The summed E-state index contributed by atoms with van der Waals surface area (Å²) in [6.07, 6.45) is 0. The number of methoxy groups -OCH3 is 1. The Morgan fingerprint density at radius 3 is 1.77 bits per heavy atom. The first kappa shape index (κ1) is 14.5. The highest BCUT2D eigenvalue weighted by atomic mass is 32.2. The lowest BCUT2D eigenvalue weighted by Crippen LogP contribution is -2.05. The Morgan fingerprint density at radius 2 is 1.32 bits per heavy atom. The number of benzene rings is 3. The second kappa shape index (κ2) is 6.58. The van der Waals surface area contributed by atoms with Crippen LogP contribution in [0.25, 0.3) is 0 Å². The van der Waals surface area contributed by atoms with Gasteiger partial charge in [-0.05, 0) is 30.3 Å². The maximum Gasteiger partial charge on any atom is 0.208 e. The third-order valence-electron chi connectivity index (χ3n) is 3.34. The second-order valence-corrected chi connectivity index (χ2v) is 6.76. The third kappa shape index (κ3) is 2.95. The van der Waals surface area contributed by atoms with E-state index in [2.05, 4.69) is 24.3 Å². The maximum absolute atomic E-state index is 10.4. The summed E-state index contributed by atoms with van der Waals surface area (Å²) in [6.45, 7) is 0. The van der Waals surface area contributed by atoms with Crippen molar-refractivity contribution >= 4 is 10.9 Å². The number of phenols is 1. The van der Waals surface area contributed by atoms with Crippen LogP contribution in [0.4, 0.5) is 0 Å². The number of rotatable bonds is 4. The molecule has 0 unspecified atom stereocenters. The summed E-state index contributed by atoms with van der Waals surface area (Å²) >= 11 is 0. The molecule has 3 rings (SSSR count). The fourth-order valence-corrected chi connectivity index (χ4v) is 4.41. The predicted molar refractivity (Wildman–Crippen MR) is 89.7 cm³/mol. The molecule has 0 spiro atoms. The van der Waals surface area contributed by atoms with Crippen LogP contribution in [0, 0.1) is 0 Å². The minimum atomic E-state index is -0.342. The third-order valence-corrected chi connectivity index (χ3v) is 5.62. The Balaban J connectivity index is 2.14. The summed E-state index contributed by atoms with van der Waals surface area (Å²) in [4.78, 5) is 3.25. The van der Waals surface area contributed by atoms with Crippen molar-refractivity contribution in [3.8, 4) is 11.5 Å². The Bertz CT molecular complexity index is 702. The van der Waals surface area contributed by atoms with Gasteiger partial charge in [0.15, 0.2) is 15.5 Å². The van der Waals surface area contributed by atoms with E-state index in [1.165, 1.54) is 9.79 Å². The van der Waals surface area contributed by atoms with Gasteiger partial charge >= 0.3 is 0 Å². The monoisotopic (exact) mass is 309 g/mol. The zero-order valence-electron chi connectivity index (χ0n) is 12.3. The molecule has 1 N–H and O–H groups in total. The fraction of sp³-hybridized carbons (Fsp3) is 0.0526. The maximum atomic E-state index is 10.4. The van der Waals surface area contributed by atoms with Crippen molar-refractivity contribution in [3.05, 3.63) is 78.9 Å². The minimum Gasteiger partial charge on any atom is -0.503 e. The molecule has 0 aliphatic carbocycles. The second-order valence-electron chi connectivity index (χ2n) is 4.77. The van der Waals surface area contributed by atoms with E-state index in [9.17, 15) is 5.11 Å². The molecule has 110 valence electrons. The molecule has 0 fully saturated rings. The summed E-state index contributed by atoms with van der Waals surface area (Å²) in [5.74, 6) is 0.918. The summed E-state index contributed by atoms with van der Waals surface area (Å²) in [6, 6.07) is 26.0. The Hall–Kier alpha value is -2.39. The van der Waals surface area contributed by atoms with Gasteiger partial charge in [-0.15, -0.1) is 0 Å². The molecule has 0 aromatic heterocycles. The van der Waals surface area contributed by atoms with Crippen LogP contribution in [-0.4, -0.2) is 12.2 Å². The van der Waals surface area contributed by atoms with E-state index >= 15 is 0 Å². The van der Waals surface area contributed by atoms with Crippen LogP contribution in [0.15, 0.2) is 93.5 Å². The van der Waals surface area contributed by atoms with Crippen LogP contribution in [0.3, 0.4) is 0 Å². The Morgan fingerprint density at radius 1 is 0.773 bits per heavy atom. The Labute approximate surface area is 133 Å². The highest BCUT2D eigenvalue weighted by molar-refractivity contribution is 7.97. The van der Waals surface area contributed by atoms with Crippen LogP contribution in [0.5, 0.6) is 11.5 Å². The summed E-state index contributed by atoms with van der Waals surface area (Å²) in [5.41, 5.74) is 0. The lowest BCUT2D eigenvalue weighted by molar-refractivity contribution is 0.405. The first-order chi connectivity index (χ1) is 10.8. The van der Waals surface area contributed by atoms with Gasteiger partial charge in [-0.25, -0.2) is 0 Å². The summed E-state index contributed by atoms with van der Waals surface area (Å²) in [5, 5.41) is 10.4. The van der Waals surface area contributed by atoms with E-state index in [1.807, 2.05) is 48.5 Å². The fourth-order valence-electron chi connectivity index (χ4n) is 2.30. The molecule has 0 saturated carbocycles. The zero-order chi connectivity index (χ0) is 15.4. The molecular formula is C19H17O2S+. The van der Waals surface area contributed by atoms with Crippen molar-refractivity contribution in [2.45, 2.75) is 14.7 Å². The van der Waals surface area contributed by atoms with Gasteiger partial charge in [0.2, 0.25) is 4.90 Å². The smallest absolute Gasteiger partial charge is 0.208 e. The lowest BCUT2D eigenvalue weighted by atomic mass is 10.3. The molecule has 0 bridgehead atoms. The quantitative estimate of drug-likeness (QED) is 0.719. The molecule has 3 heteroatoms. The molecule has 0 aliphatic rings. The van der Waals surface area contributed by atoms with Gasteiger partial charge in [0.1, 0.15) is 16.6 Å². The van der Waals surface area contributed by atoms with Gasteiger partial charge in [-0.2, -0.15) is 0 Å². The Kier molecular flexibility index (Phi) is 4.35. The topological polar surface area (TPSA) is 29.5 Å². The van der Waals surface area contributed by atoms with Crippen LogP contribution >= 0.6 is 0 Å². The average molecular weight is 309 g/mol. The highest BCUT2D eigenvalue weighted by Gasteiger charge is 2.31. The van der Waals surface area contributed by atoms with E-state index in [0.29, 0.717) is 5.75 Å². The predicted octanol–water partition coefficient (Wildman–Crippen LogP) is 4.50. The molecule has 3 aromatic rings. The molecule has 0 atom stereocenters. The number of ether oxygens (including phenoxy) is 1. The van der Waals surface area contributed by atoms with Gasteiger partial charge in [-0.1, -0.05) is 36.4 Å². The van der Waals surface area contributed by atoms with Gasteiger partial charge in [0.05, 0.1) is 7.11 Å². The van der Waals surface area contributed by atoms with E-state index in [-0.39, 0.29) is 16.6 Å². The van der Waals surface area contributed by atoms with E-state index in [1.54, 1.807) is 13.2 Å². The highest BCUT2D eigenvalue weighted by Crippen LogP contribution is 2.37. The molecule has 2 nitrogen and oxygen atoms in total. The number of hydrogen-bond donors (Lipinski definition) is 1. The van der Waals surface area contributed by atoms with E-state index in [0.717, 1.165) is 4.90 Å². The van der Waals surface area contributed by atoms with Gasteiger partial charge in [0, 0.05) is 12.1 Å². The zero-order valence-corrected chi connectivity index (χ0v) is 13.1. The van der Waals surface area contributed by atoms with Crippen LogP contribution in [-0.2, 0) is 10.9 Å². The largest absolute Gasteiger partial charge is 0.503 e. The molecule has 3 aromatic carbocycles. The van der Waals surface area contributed by atoms with Gasteiger partial charge in [0.25, 0.3) is 0 Å². The van der Waals surface area contributed by atoms with Crippen LogP contribution in [0.1, 0.15) is 0 Å². The van der Waals surface area contributed by atoms with E-state index < -0.39 is 0 Å². The van der Waals surface area contributed by atoms with Gasteiger partial charge in [-0.3, -0.25) is 0 Å². The molecule has 0 amide bonds. The van der Waals surface area contributed by atoms with Crippen molar-refractivity contribution in [1.82, 2.24) is 0 Å². The SMILES string of the molecule is COc1ccc([S+](c2ccccc2)c2ccccc2)c(O)c1. The summed E-state index contributed by atoms with van der Waals surface area (Å²) in [7, 11) is 1.26. The van der Waals surface area contributed by atoms with Crippen molar-refractivity contribution in [1.29, 1.82) is 0 Å². The summed E-state index contributed by atoms with van der Waals surface area (Å²) < 4.78 is 5.18. The molecule has 22 heavy (non-hydrogen) atoms. The molecule has 0 saturated heterocycles. The first-order valence-electron chi connectivity index (χ1n) is 7.01. The van der Waals surface area contributed by atoms with Crippen molar-refractivity contribution in [2.24, 2.45) is 0 Å². The average Bonchev–Trinajstić information content (AvgIpc) is 2.58. The first-order valence-corrected chi connectivity index (χ1v) is 8.23. The van der Waals surface area contributed by atoms with Crippen molar-refractivity contribution in [3.63, 3.8) is 0 Å². The molecule has 0 radical (unpaired) electrons. The number of phenolic OH excluding ortho intramolecular Hbond substituents is 1. The van der Waals surface area contributed by atoms with Crippen molar-refractivity contribution in [2.75, 3.05) is 7.11 Å². The minimum absolute atomic E-state index is 0.260. The normalized spacial score (nSPS) is 10.6.